The summed E-state index contributed by atoms with van der Waals surface area (Å²) in [4.78, 5) is 0. The molecule has 2 aromatic heterocycles. The molecule has 1 unspecified atom stereocenters. The molecular formula is C13H18N4S. The first-order valence-electron chi connectivity index (χ1n) is 6.22. The molecule has 2 aromatic rings. The van der Waals surface area contributed by atoms with E-state index in [0.717, 1.165) is 17.8 Å². The minimum atomic E-state index is 0.143. The fraction of sp³-hybridized carbons (Fsp3) is 0.538. The molecule has 18 heavy (non-hydrogen) atoms. The zero-order valence-corrected chi connectivity index (χ0v) is 11.8. The highest BCUT2D eigenvalue weighted by Crippen LogP contribution is 2.41. The van der Waals surface area contributed by atoms with E-state index in [-0.39, 0.29) is 11.5 Å². The second-order valence-electron chi connectivity index (χ2n) is 5.93. The summed E-state index contributed by atoms with van der Waals surface area (Å²) in [5, 5.41) is 5.02. The summed E-state index contributed by atoms with van der Waals surface area (Å²) >= 11 is 1.43. The highest BCUT2D eigenvalue weighted by molar-refractivity contribution is 7.08. The highest BCUT2D eigenvalue weighted by Gasteiger charge is 2.33. The van der Waals surface area contributed by atoms with Crippen molar-refractivity contribution in [3.63, 3.8) is 0 Å². The van der Waals surface area contributed by atoms with E-state index in [1.54, 1.807) is 0 Å². The minimum Gasteiger partial charge on any atom is -0.324 e. The molecule has 0 saturated heterocycles. The van der Waals surface area contributed by atoms with Gasteiger partial charge in [0, 0.05) is 29.0 Å². The van der Waals surface area contributed by atoms with Crippen LogP contribution in [-0.4, -0.2) is 14.2 Å². The Kier molecular flexibility index (Phi) is 2.57. The maximum Gasteiger partial charge on any atom is 0.141 e. The molecule has 2 N–H and O–H groups in total. The molecule has 0 bridgehead atoms. The van der Waals surface area contributed by atoms with Crippen LogP contribution in [0.5, 0.6) is 0 Å². The normalized spacial score (nSPS) is 21.9. The molecule has 96 valence electrons. The Hall–Kier alpha value is -1.20. The first-order valence-corrected chi connectivity index (χ1v) is 7.00. The van der Waals surface area contributed by atoms with Crippen molar-refractivity contribution in [2.24, 2.45) is 11.1 Å². The first kappa shape index (κ1) is 11.9. The lowest BCUT2D eigenvalue weighted by molar-refractivity contribution is 0.278. The van der Waals surface area contributed by atoms with E-state index in [2.05, 4.69) is 41.0 Å². The fourth-order valence-electron chi connectivity index (χ4n) is 3.02. The van der Waals surface area contributed by atoms with Crippen molar-refractivity contribution >= 4 is 11.5 Å². The van der Waals surface area contributed by atoms with Crippen LogP contribution in [0.2, 0.25) is 0 Å². The predicted molar refractivity (Wildman–Crippen MR) is 73.0 cm³/mol. The van der Waals surface area contributed by atoms with Crippen LogP contribution in [0.15, 0.2) is 12.3 Å². The molecule has 1 aliphatic carbocycles. The van der Waals surface area contributed by atoms with Crippen LogP contribution >= 0.6 is 11.5 Å². The van der Waals surface area contributed by atoms with Crippen molar-refractivity contribution in [1.82, 2.24) is 14.2 Å². The Morgan fingerprint density at radius 2 is 2.28 bits per heavy atom. The SMILES string of the molecule is Cc1cc2c(n1-c1cnns1)CC(C)(C)CC2N. The zero-order valence-electron chi connectivity index (χ0n) is 11.0. The summed E-state index contributed by atoms with van der Waals surface area (Å²) in [7, 11) is 0. The fourth-order valence-corrected chi connectivity index (χ4v) is 3.62. The molecule has 4 nitrogen and oxygen atoms in total. The molecule has 5 heteroatoms. The second kappa shape index (κ2) is 3.90. The number of nitrogens with zero attached hydrogens (tertiary/aromatic N) is 3. The highest BCUT2D eigenvalue weighted by atomic mass is 32.1. The third-order valence-electron chi connectivity index (χ3n) is 3.71. The molecule has 0 fully saturated rings. The third kappa shape index (κ3) is 1.78. The number of aromatic nitrogens is 3. The van der Waals surface area contributed by atoms with Gasteiger partial charge < -0.3 is 10.3 Å². The third-order valence-corrected chi connectivity index (χ3v) is 4.36. The number of aryl methyl sites for hydroxylation is 1. The Balaban J connectivity index is 2.18. The maximum atomic E-state index is 6.32. The van der Waals surface area contributed by atoms with E-state index in [4.69, 9.17) is 5.73 Å². The minimum absolute atomic E-state index is 0.143. The summed E-state index contributed by atoms with van der Waals surface area (Å²) in [5.74, 6) is 0. The summed E-state index contributed by atoms with van der Waals surface area (Å²) in [6.45, 7) is 6.69. The Morgan fingerprint density at radius 1 is 1.50 bits per heavy atom. The van der Waals surface area contributed by atoms with Gasteiger partial charge in [-0.05, 0) is 36.8 Å². The molecule has 2 heterocycles. The molecule has 0 radical (unpaired) electrons. The first-order chi connectivity index (χ1) is 8.48. The van der Waals surface area contributed by atoms with Crippen molar-refractivity contribution in [3.8, 4) is 5.00 Å². The smallest absolute Gasteiger partial charge is 0.141 e. The van der Waals surface area contributed by atoms with E-state index >= 15 is 0 Å². The molecule has 0 saturated carbocycles. The predicted octanol–water partition coefficient (Wildman–Crippen LogP) is 2.61. The summed E-state index contributed by atoms with van der Waals surface area (Å²) < 4.78 is 6.23. The lowest BCUT2D eigenvalue weighted by Gasteiger charge is -2.34. The van der Waals surface area contributed by atoms with Gasteiger partial charge in [0.05, 0.1) is 6.20 Å². The van der Waals surface area contributed by atoms with Crippen molar-refractivity contribution in [2.75, 3.05) is 0 Å². The average molecular weight is 262 g/mol. The summed E-state index contributed by atoms with van der Waals surface area (Å²) in [6, 6.07) is 2.36. The number of rotatable bonds is 1. The molecule has 0 amide bonds. The topological polar surface area (TPSA) is 56.7 Å². The largest absolute Gasteiger partial charge is 0.324 e. The van der Waals surface area contributed by atoms with E-state index < -0.39 is 0 Å². The molecule has 1 atom stereocenters. The van der Waals surface area contributed by atoms with Crippen LogP contribution in [0, 0.1) is 12.3 Å². The van der Waals surface area contributed by atoms with Gasteiger partial charge in [0.1, 0.15) is 5.00 Å². The van der Waals surface area contributed by atoms with Crippen molar-refractivity contribution in [3.05, 3.63) is 29.2 Å². The summed E-state index contributed by atoms with van der Waals surface area (Å²) in [5.41, 5.74) is 10.4. The van der Waals surface area contributed by atoms with Gasteiger partial charge in [0.2, 0.25) is 0 Å². The Morgan fingerprint density at radius 3 is 2.94 bits per heavy atom. The van der Waals surface area contributed by atoms with Gasteiger partial charge in [0.15, 0.2) is 0 Å². The Bertz CT molecular complexity index is 568. The molecule has 0 spiro atoms. The van der Waals surface area contributed by atoms with Gasteiger partial charge >= 0.3 is 0 Å². The molecular weight excluding hydrogens is 244 g/mol. The van der Waals surface area contributed by atoms with E-state index in [1.165, 1.54) is 28.5 Å². The van der Waals surface area contributed by atoms with Gasteiger partial charge in [-0.15, -0.1) is 5.10 Å². The number of hydrogen-bond donors (Lipinski definition) is 1. The van der Waals surface area contributed by atoms with Gasteiger partial charge in [-0.3, -0.25) is 0 Å². The van der Waals surface area contributed by atoms with E-state index in [9.17, 15) is 0 Å². The van der Waals surface area contributed by atoms with Crippen LogP contribution in [0.25, 0.3) is 5.00 Å². The monoisotopic (exact) mass is 262 g/mol. The van der Waals surface area contributed by atoms with Crippen LogP contribution in [0.4, 0.5) is 0 Å². The standard InChI is InChI=1S/C13H18N4S/c1-8-4-9-10(14)5-13(2,3)6-11(9)17(8)12-7-15-16-18-12/h4,7,10H,5-6,14H2,1-3H3. The summed E-state index contributed by atoms with van der Waals surface area (Å²) in [6.07, 6.45) is 3.93. The molecule has 0 aromatic carbocycles. The van der Waals surface area contributed by atoms with Gasteiger partial charge in [-0.2, -0.15) is 0 Å². The number of nitrogens with two attached hydrogens (primary N) is 1. The van der Waals surface area contributed by atoms with Crippen molar-refractivity contribution < 1.29 is 0 Å². The van der Waals surface area contributed by atoms with Crippen LogP contribution in [0.1, 0.15) is 43.3 Å². The van der Waals surface area contributed by atoms with Crippen LogP contribution < -0.4 is 5.73 Å². The molecule has 1 aliphatic rings. The van der Waals surface area contributed by atoms with E-state index in [0.29, 0.717) is 0 Å². The van der Waals surface area contributed by atoms with Crippen LogP contribution in [-0.2, 0) is 6.42 Å². The van der Waals surface area contributed by atoms with Crippen molar-refractivity contribution in [2.45, 2.75) is 39.7 Å². The average Bonchev–Trinajstić information content (AvgIpc) is 2.83. The zero-order chi connectivity index (χ0) is 12.9. The maximum absolute atomic E-state index is 6.32. The quantitative estimate of drug-likeness (QED) is 0.859. The molecule has 3 rings (SSSR count). The Labute approximate surface area is 111 Å². The van der Waals surface area contributed by atoms with Crippen LogP contribution in [0.3, 0.4) is 0 Å². The van der Waals surface area contributed by atoms with Gasteiger partial charge in [-0.1, -0.05) is 18.3 Å². The lowest BCUT2D eigenvalue weighted by Crippen LogP contribution is -2.30. The lowest BCUT2D eigenvalue weighted by atomic mass is 9.74. The van der Waals surface area contributed by atoms with E-state index in [1.807, 2.05) is 6.20 Å². The van der Waals surface area contributed by atoms with Crippen molar-refractivity contribution in [1.29, 1.82) is 0 Å². The van der Waals surface area contributed by atoms with Gasteiger partial charge in [0.25, 0.3) is 0 Å². The number of fused-ring (bicyclic) bond motifs is 1. The molecule has 0 aliphatic heterocycles. The van der Waals surface area contributed by atoms with Gasteiger partial charge in [-0.25, -0.2) is 0 Å². The number of hydrogen-bond acceptors (Lipinski definition) is 4. The second-order valence-corrected chi connectivity index (χ2v) is 6.69.